The first-order valence-corrected chi connectivity index (χ1v) is 7.20. The van der Waals surface area contributed by atoms with Crippen LogP contribution in [0.5, 0.6) is 0 Å². The maximum absolute atomic E-state index is 4.55. The zero-order chi connectivity index (χ0) is 12.6. The van der Waals surface area contributed by atoms with Crippen LogP contribution in [-0.2, 0) is 6.42 Å². The van der Waals surface area contributed by atoms with Crippen LogP contribution in [0.15, 0.2) is 6.33 Å². The molecular formula is C14H24N4. The maximum Gasteiger partial charge on any atom is 0.0925 e. The summed E-state index contributed by atoms with van der Waals surface area (Å²) in [7, 11) is 0. The first-order chi connectivity index (χ1) is 8.69. The molecule has 0 radical (unpaired) electrons. The Hall–Kier alpha value is -0.870. The second-order valence-electron chi connectivity index (χ2n) is 6.10. The van der Waals surface area contributed by atoms with Gasteiger partial charge in [-0.15, -0.1) is 0 Å². The Labute approximate surface area is 109 Å². The van der Waals surface area contributed by atoms with Gasteiger partial charge in [0.1, 0.15) is 0 Å². The topological polar surface area (TPSA) is 44.0 Å². The Morgan fingerprint density at radius 3 is 2.83 bits per heavy atom. The quantitative estimate of drug-likeness (QED) is 0.839. The third-order valence-corrected chi connectivity index (χ3v) is 4.63. The van der Waals surface area contributed by atoms with Gasteiger partial charge in [-0.3, -0.25) is 4.90 Å². The number of piperidine rings is 1. The van der Waals surface area contributed by atoms with E-state index < -0.39 is 0 Å². The van der Waals surface area contributed by atoms with E-state index in [0.29, 0.717) is 6.04 Å². The standard InChI is InChI=1S/C14H24N4/c1-14(2,18-8-4-3-5-9-18)13-12-11(6-7-15-13)16-10-17-12/h10,13,15H,3-9H2,1-2H3,(H,16,17)/t13-/m0/s1. The van der Waals surface area contributed by atoms with Crippen molar-refractivity contribution >= 4 is 0 Å². The number of nitrogens with one attached hydrogen (secondary N) is 2. The molecule has 1 fully saturated rings. The van der Waals surface area contributed by atoms with Crippen molar-refractivity contribution in [2.45, 2.75) is 51.1 Å². The van der Waals surface area contributed by atoms with E-state index in [4.69, 9.17) is 0 Å². The fraction of sp³-hybridized carbons (Fsp3) is 0.786. The summed E-state index contributed by atoms with van der Waals surface area (Å²) in [4.78, 5) is 10.5. The number of hydrogen-bond acceptors (Lipinski definition) is 3. The van der Waals surface area contributed by atoms with Gasteiger partial charge in [0.25, 0.3) is 0 Å². The molecule has 4 heteroatoms. The van der Waals surface area contributed by atoms with Gasteiger partial charge in [-0.2, -0.15) is 0 Å². The van der Waals surface area contributed by atoms with Crippen molar-refractivity contribution < 1.29 is 0 Å². The van der Waals surface area contributed by atoms with Gasteiger partial charge in [0.15, 0.2) is 0 Å². The van der Waals surface area contributed by atoms with Crippen LogP contribution in [0.3, 0.4) is 0 Å². The molecule has 0 bridgehead atoms. The molecule has 0 amide bonds. The highest BCUT2D eigenvalue weighted by molar-refractivity contribution is 5.23. The first kappa shape index (κ1) is 12.2. The monoisotopic (exact) mass is 248 g/mol. The summed E-state index contributed by atoms with van der Waals surface area (Å²) >= 11 is 0. The lowest BCUT2D eigenvalue weighted by atomic mass is 9.85. The largest absolute Gasteiger partial charge is 0.348 e. The number of likely N-dealkylation sites (tertiary alicyclic amines) is 1. The van der Waals surface area contributed by atoms with Crippen LogP contribution in [0.4, 0.5) is 0 Å². The number of imidazole rings is 1. The van der Waals surface area contributed by atoms with Gasteiger partial charge >= 0.3 is 0 Å². The molecule has 1 atom stereocenters. The normalized spacial score (nSPS) is 26.0. The lowest BCUT2D eigenvalue weighted by molar-refractivity contribution is 0.0573. The molecule has 0 unspecified atom stereocenters. The van der Waals surface area contributed by atoms with Crippen LogP contribution in [0.1, 0.15) is 50.5 Å². The maximum atomic E-state index is 4.55. The van der Waals surface area contributed by atoms with E-state index in [9.17, 15) is 0 Å². The van der Waals surface area contributed by atoms with Crippen LogP contribution in [0.25, 0.3) is 0 Å². The average molecular weight is 248 g/mol. The number of aromatic nitrogens is 2. The minimum Gasteiger partial charge on any atom is -0.348 e. The number of nitrogens with zero attached hydrogens (tertiary/aromatic N) is 2. The molecule has 0 saturated carbocycles. The number of aromatic amines is 1. The second-order valence-corrected chi connectivity index (χ2v) is 6.10. The molecule has 0 aromatic carbocycles. The molecule has 2 aliphatic heterocycles. The molecule has 3 heterocycles. The predicted molar refractivity (Wildman–Crippen MR) is 72.5 cm³/mol. The number of H-pyrrole nitrogens is 1. The summed E-state index contributed by atoms with van der Waals surface area (Å²) < 4.78 is 0. The van der Waals surface area contributed by atoms with Crippen LogP contribution in [0.2, 0.25) is 0 Å². The molecule has 2 aliphatic rings. The number of fused-ring (bicyclic) bond motifs is 1. The van der Waals surface area contributed by atoms with Crippen LogP contribution in [0, 0.1) is 0 Å². The summed E-state index contributed by atoms with van der Waals surface area (Å²) in [5.41, 5.74) is 2.70. The van der Waals surface area contributed by atoms with Gasteiger partial charge in [-0.1, -0.05) is 6.42 Å². The third-order valence-electron chi connectivity index (χ3n) is 4.63. The Bertz CT molecular complexity index is 404. The Kier molecular flexibility index (Phi) is 3.16. The summed E-state index contributed by atoms with van der Waals surface area (Å²) in [5, 5.41) is 3.67. The lowest BCUT2D eigenvalue weighted by Crippen LogP contribution is -2.55. The van der Waals surface area contributed by atoms with Crippen molar-refractivity contribution in [3.63, 3.8) is 0 Å². The molecule has 1 aromatic rings. The Morgan fingerprint density at radius 2 is 2.06 bits per heavy atom. The van der Waals surface area contributed by atoms with Gasteiger partial charge in [0.2, 0.25) is 0 Å². The Balaban J connectivity index is 1.85. The molecule has 0 aliphatic carbocycles. The van der Waals surface area contributed by atoms with Crippen molar-refractivity contribution in [2.75, 3.05) is 19.6 Å². The van der Waals surface area contributed by atoms with Crippen molar-refractivity contribution in [1.29, 1.82) is 0 Å². The fourth-order valence-electron chi connectivity index (χ4n) is 3.46. The van der Waals surface area contributed by atoms with Gasteiger partial charge in [0.05, 0.1) is 18.1 Å². The van der Waals surface area contributed by atoms with Crippen molar-refractivity contribution in [3.05, 3.63) is 17.7 Å². The van der Waals surface area contributed by atoms with Crippen LogP contribution < -0.4 is 5.32 Å². The number of hydrogen-bond donors (Lipinski definition) is 2. The van der Waals surface area contributed by atoms with E-state index in [0.717, 1.165) is 13.0 Å². The SMILES string of the molecule is CC(C)([C@H]1NCCc2[nH]cnc21)N1CCCCC1. The van der Waals surface area contributed by atoms with Crippen LogP contribution >= 0.6 is 0 Å². The molecule has 4 nitrogen and oxygen atoms in total. The van der Waals surface area contributed by atoms with E-state index in [1.807, 2.05) is 6.33 Å². The molecule has 2 N–H and O–H groups in total. The minimum absolute atomic E-state index is 0.144. The molecule has 1 saturated heterocycles. The molecular weight excluding hydrogens is 224 g/mol. The summed E-state index contributed by atoms with van der Waals surface area (Å²) in [6.07, 6.45) is 6.98. The molecule has 0 spiro atoms. The van der Waals surface area contributed by atoms with E-state index >= 15 is 0 Å². The van der Waals surface area contributed by atoms with Gasteiger partial charge < -0.3 is 10.3 Å². The number of rotatable bonds is 2. The van der Waals surface area contributed by atoms with E-state index in [1.54, 1.807) is 0 Å². The van der Waals surface area contributed by atoms with Gasteiger partial charge in [-0.25, -0.2) is 4.98 Å². The molecule has 100 valence electrons. The highest BCUT2D eigenvalue weighted by Gasteiger charge is 2.40. The van der Waals surface area contributed by atoms with Crippen molar-refractivity contribution in [2.24, 2.45) is 0 Å². The summed E-state index contributed by atoms with van der Waals surface area (Å²) in [6.45, 7) is 8.23. The molecule has 1 aromatic heterocycles. The van der Waals surface area contributed by atoms with E-state index in [-0.39, 0.29) is 5.54 Å². The average Bonchev–Trinajstić information content (AvgIpc) is 2.87. The van der Waals surface area contributed by atoms with E-state index in [2.05, 4.69) is 34.0 Å². The van der Waals surface area contributed by atoms with E-state index in [1.165, 1.54) is 43.7 Å². The van der Waals surface area contributed by atoms with Crippen molar-refractivity contribution in [1.82, 2.24) is 20.2 Å². The summed E-state index contributed by atoms with van der Waals surface area (Å²) in [6, 6.07) is 0.352. The van der Waals surface area contributed by atoms with Crippen LogP contribution in [-0.4, -0.2) is 40.0 Å². The predicted octanol–water partition coefficient (Wildman–Crippen LogP) is 1.86. The zero-order valence-electron chi connectivity index (χ0n) is 11.5. The Morgan fingerprint density at radius 1 is 1.28 bits per heavy atom. The lowest BCUT2D eigenvalue weighted by Gasteiger charge is -2.47. The first-order valence-electron chi connectivity index (χ1n) is 7.20. The van der Waals surface area contributed by atoms with Crippen molar-refractivity contribution in [3.8, 4) is 0 Å². The molecule has 3 rings (SSSR count). The second kappa shape index (κ2) is 4.67. The summed E-state index contributed by atoms with van der Waals surface area (Å²) in [5.74, 6) is 0. The zero-order valence-corrected chi connectivity index (χ0v) is 11.5. The minimum atomic E-state index is 0.144. The molecule has 18 heavy (non-hydrogen) atoms. The highest BCUT2D eigenvalue weighted by atomic mass is 15.2. The van der Waals surface area contributed by atoms with Gasteiger partial charge in [0, 0.05) is 24.2 Å². The highest BCUT2D eigenvalue weighted by Crippen LogP contribution is 2.35. The third kappa shape index (κ3) is 1.97. The smallest absolute Gasteiger partial charge is 0.0925 e. The van der Waals surface area contributed by atoms with Gasteiger partial charge in [-0.05, 0) is 39.8 Å². The fourth-order valence-corrected chi connectivity index (χ4v) is 3.46.